The number of benzene rings is 1. The maximum Gasteiger partial charge on any atom is 0.311 e. The van der Waals surface area contributed by atoms with Gasteiger partial charge in [0.05, 0.1) is 23.2 Å². The Balaban J connectivity index is 1.74. The fraction of sp³-hybridized carbons (Fsp3) is 0.567. The minimum absolute atomic E-state index is 0.0879. The molecule has 2 amide bonds. The number of thioether (sulfide) groups is 1. The average molecular weight is 541 g/mol. The van der Waals surface area contributed by atoms with Gasteiger partial charge in [-0.05, 0) is 70.1 Å². The highest BCUT2D eigenvalue weighted by molar-refractivity contribution is 8.02. The number of anilines is 1. The number of hydrogen-bond donors (Lipinski definition) is 1. The summed E-state index contributed by atoms with van der Waals surface area (Å²) < 4.78 is 4.48. The standard InChI is InChI=1S/C30H40N2O5S/c1-6-8-9-18-37-28(36)24-23-26(34)32(16-10-17-33)25(30(23)14-13-29(24,5)38-30)27(35)31(15-7-2)22-19-20(3)11-12-21(22)4/h6-7,11-12,19,23-25,33H,1-2,8-10,13-18H2,3-5H3/t23-,24+,25?,29-,30?/m0/s1. The second kappa shape index (κ2) is 11.3. The Hall–Kier alpha value is -2.58. The number of hydrogen-bond acceptors (Lipinski definition) is 6. The van der Waals surface area contributed by atoms with E-state index in [0.717, 1.165) is 29.7 Å². The van der Waals surface area contributed by atoms with Gasteiger partial charge < -0.3 is 19.6 Å². The first kappa shape index (κ1) is 28.4. The first-order valence-electron chi connectivity index (χ1n) is 13.5. The number of likely N-dealkylation sites (tertiary alicyclic amines) is 1. The predicted molar refractivity (Wildman–Crippen MR) is 151 cm³/mol. The van der Waals surface area contributed by atoms with Crippen molar-refractivity contribution in [3.05, 3.63) is 54.6 Å². The smallest absolute Gasteiger partial charge is 0.311 e. The van der Waals surface area contributed by atoms with Gasteiger partial charge in [-0.25, -0.2) is 0 Å². The van der Waals surface area contributed by atoms with Crippen molar-refractivity contribution in [3.8, 4) is 0 Å². The van der Waals surface area contributed by atoms with Gasteiger partial charge in [-0.2, -0.15) is 0 Å². The maximum absolute atomic E-state index is 14.6. The van der Waals surface area contributed by atoms with Crippen LogP contribution in [0.3, 0.4) is 0 Å². The normalized spacial score (nSPS) is 29.3. The monoisotopic (exact) mass is 540 g/mol. The van der Waals surface area contributed by atoms with Crippen LogP contribution in [0.1, 0.15) is 50.2 Å². The zero-order valence-corrected chi connectivity index (χ0v) is 23.6. The van der Waals surface area contributed by atoms with Gasteiger partial charge >= 0.3 is 5.97 Å². The molecule has 3 aliphatic rings. The van der Waals surface area contributed by atoms with Crippen LogP contribution in [0.5, 0.6) is 0 Å². The van der Waals surface area contributed by atoms with Crippen LogP contribution in [0.4, 0.5) is 5.69 Å². The van der Waals surface area contributed by atoms with Gasteiger partial charge in [0.15, 0.2) is 0 Å². The molecule has 8 heteroatoms. The molecule has 1 N–H and O–H groups in total. The number of rotatable bonds is 12. The van der Waals surface area contributed by atoms with Crippen LogP contribution in [-0.2, 0) is 19.1 Å². The highest BCUT2D eigenvalue weighted by Crippen LogP contribution is 2.71. The van der Waals surface area contributed by atoms with Gasteiger partial charge in [0.25, 0.3) is 5.91 Å². The van der Waals surface area contributed by atoms with E-state index in [4.69, 9.17) is 4.74 Å². The molecule has 2 unspecified atom stereocenters. The molecule has 4 rings (SSSR count). The van der Waals surface area contributed by atoms with Crippen LogP contribution in [0.25, 0.3) is 0 Å². The highest BCUT2D eigenvalue weighted by Gasteiger charge is 2.77. The largest absolute Gasteiger partial charge is 0.465 e. The molecular weight excluding hydrogens is 500 g/mol. The third-order valence-electron chi connectivity index (χ3n) is 8.35. The molecular formula is C30H40N2O5S. The van der Waals surface area contributed by atoms with Gasteiger partial charge in [0.1, 0.15) is 6.04 Å². The zero-order valence-electron chi connectivity index (χ0n) is 22.8. The summed E-state index contributed by atoms with van der Waals surface area (Å²) >= 11 is 1.63. The third kappa shape index (κ3) is 4.70. The molecule has 0 saturated carbocycles. The molecule has 5 atom stereocenters. The summed E-state index contributed by atoms with van der Waals surface area (Å²) in [6.45, 7) is 14.4. The summed E-state index contributed by atoms with van der Waals surface area (Å²) in [5.41, 5.74) is 2.79. The molecule has 3 heterocycles. The topological polar surface area (TPSA) is 87.1 Å². The van der Waals surface area contributed by atoms with Crippen LogP contribution >= 0.6 is 11.8 Å². The molecule has 0 aliphatic carbocycles. The summed E-state index contributed by atoms with van der Waals surface area (Å²) in [5, 5.41) is 9.60. The van der Waals surface area contributed by atoms with Crippen molar-refractivity contribution in [3.63, 3.8) is 0 Å². The number of aliphatic hydroxyl groups excluding tert-OH is 1. The van der Waals surface area contributed by atoms with Crippen molar-refractivity contribution in [2.75, 3.05) is 31.2 Å². The van der Waals surface area contributed by atoms with Gasteiger partial charge in [0, 0.05) is 30.1 Å². The summed E-state index contributed by atoms with van der Waals surface area (Å²) in [5.74, 6) is -1.93. The maximum atomic E-state index is 14.6. The molecule has 1 spiro atoms. The second-order valence-corrected chi connectivity index (χ2v) is 12.9. The number of aryl methyl sites for hydroxylation is 2. The van der Waals surface area contributed by atoms with Crippen molar-refractivity contribution in [1.29, 1.82) is 0 Å². The van der Waals surface area contributed by atoms with Gasteiger partial charge in [-0.1, -0.05) is 24.3 Å². The molecule has 206 valence electrons. The first-order chi connectivity index (χ1) is 18.1. The van der Waals surface area contributed by atoms with Crippen molar-refractivity contribution in [2.24, 2.45) is 11.8 Å². The fourth-order valence-electron chi connectivity index (χ4n) is 6.63. The fourth-order valence-corrected chi connectivity index (χ4v) is 8.97. The Morgan fingerprint density at radius 3 is 2.68 bits per heavy atom. The highest BCUT2D eigenvalue weighted by atomic mass is 32.2. The summed E-state index contributed by atoms with van der Waals surface area (Å²) in [6.07, 6.45) is 6.70. The number of unbranched alkanes of at least 4 members (excludes halogenated alkanes) is 1. The third-order valence-corrected chi connectivity index (χ3v) is 10.3. The Morgan fingerprint density at radius 2 is 2.00 bits per heavy atom. The zero-order chi connectivity index (χ0) is 27.7. The van der Waals surface area contributed by atoms with E-state index in [1.165, 1.54) is 0 Å². The Labute approximate surface area is 230 Å². The van der Waals surface area contributed by atoms with Crippen LogP contribution in [-0.4, -0.2) is 69.6 Å². The molecule has 0 radical (unpaired) electrons. The van der Waals surface area contributed by atoms with Crippen molar-refractivity contribution < 1.29 is 24.2 Å². The Bertz CT molecular complexity index is 1120. The summed E-state index contributed by atoms with van der Waals surface area (Å²) in [6, 6.07) is 5.26. The Kier molecular flexibility index (Phi) is 8.43. The molecule has 7 nitrogen and oxygen atoms in total. The average Bonchev–Trinajstić information content (AvgIpc) is 3.45. The van der Waals surface area contributed by atoms with Crippen LogP contribution in [0, 0.1) is 25.7 Å². The molecule has 3 aliphatic heterocycles. The van der Waals surface area contributed by atoms with E-state index in [9.17, 15) is 19.5 Å². The lowest BCUT2D eigenvalue weighted by molar-refractivity contribution is -0.155. The number of ether oxygens (including phenoxy) is 1. The van der Waals surface area contributed by atoms with E-state index in [0.29, 0.717) is 25.8 Å². The van der Waals surface area contributed by atoms with Gasteiger partial charge in [-0.15, -0.1) is 24.9 Å². The quantitative estimate of drug-likeness (QED) is 0.243. The lowest BCUT2D eigenvalue weighted by Gasteiger charge is -2.37. The molecule has 38 heavy (non-hydrogen) atoms. The number of esters is 1. The van der Waals surface area contributed by atoms with Crippen molar-refractivity contribution in [2.45, 2.75) is 68.4 Å². The van der Waals surface area contributed by atoms with E-state index in [2.05, 4.69) is 13.2 Å². The molecule has 2 bridgehead atoms. The number of carbonyl (C=O) groups excluding carboxylic acids is 3. The van der Waals surface area contributed by atoms with Crippen molar-refractivity contribution in [1.82, 2.24) is 4.90 Å². The second-order valence-electron chi connectivity index (χ2n) is 11.0. The van der Waals surface area contributed by atoms with Crippen LogP contribution in [0.2, 0.25) is 0 Å². The number of allylic oxidation sites excluding steroid dienone is 1. The van der Waals surface area contributed by atoms with E-state index in [1.807, 2.05) is 39.0 Å². The number of amides is 2. The number of fused-ring (bicyclic) bond motifs is 1. The number of nitrogens with zero attached hydrogens (tertiary/aromatic N) is 2. The van der Waals surface area contributed by atoms with E-state index in [1.54, 1.807) is 33.7 Å². The summed E-state index contributed by atoms with van der Waals surface area (Å²) in [7, 11) is 0. The predicted octanol–water partition coefficient (Wildman–Crippen LogP) is 4.20. The number of aliphatic hydroxyl groups is 1. The van der Waals surface area contributed by atoms with Gasteiger partial charge in [0.2, 0.25) is 5.91 Å². The van der Waals surface area contributed by atoms with E-state index < -0.39 is 27.4 Å². The van der Waals surface area contributed by atoms with Crippen molar-refractivity contribution >= 4 is 35.2 Å². The SMILES string of the molecule is C=CCCCOC(=O)[C@H]1[C@H]2C(=O)N(CCCO)C(C(=O)N(CC=C)c3cc(C)ccc3C)C23CC[C@]1(C)S3. The minimum atomic E-state index is -0.739. The summed E-state index contributed by atoms with van der Waals surface area (Å²) in [4.78, 5) is 45.4. The molecule has 3 saturated heterocycles. The minimum Gasteiger partial charge on any atom is -0.465 e. The molecule has 0 aromatic heterocycles. The van der Waals surface area contributed by atoms with Crippen LogP contribution in [0.15, 0.2) is 43.5 Å². The first-order valence-corrected chi connectivity index (χ1v) is 14.4. The lowest BCUT2D eigenvalue weighted by atomic mass is 9.66. The number of carbonyl (C=O) groups is 3. The lowest BCUT2D eigenvalue weighted by Crippen LogP contribution is -2.55. The van der Waals surface area contributed by atoms with Gasteiger partial charge in [-0.3, -0.25) is 14.4 Å². The Morgan fingerprint density at radius 1 is 1.24 bits per heavy atom. The molecule has 3 fully saturated rings. The van der Waals surface area contributed by atoms with E-state index in [-0.39, 0.29) is 37.5 Å². The molecule has 1 aromatic rings. The molecule has 1 aromatic carbocycles. The van der Waals surface area contributed by atoms with E-state index >= 15 is 0 Å². The van der Waals surface area contributed by atoms with Crippen LogP contribution < -0.4 is 4.90 Å².